The molecule has 182 valence electrons. The summed E-state index contributed by atoms with van der Waals surface area (Å²) in [7, 11) is 5.95. The van der Waals surface area contributed by atoms with E-state index >= 15 is 0 Å². The van der Waals surface area contributed by atoms with Crippen LogP contribution in [0.5, 0.6) is 0 Å². The summed E-state index contributed by atoms with van der Waals surface area (Å²) in [6.07, 6.45) is 9.46. The van der Waals surface area contributed by atoms with Crippen molar-refractivity contribution in [3.05, 3.63) is 84.0 Å². The molecule has 35 heavy (non-hydrogen) atoms. The Balaban J connectivity index is 1.57. The van der Waals surface area contributed by atoms with Gasteiger partial charge in [-0.1, -0.05) is 18.7 Å². The molecule has 1 aliphatic rings. The second kappa shape index (κ2) is 11.3. The smallest absolute Gasteiger partial charge is 0.130 e. The van der Waals surface area contributed by atoms with Gasteiger partial charge in [0, 0.05) is 68.2 Å². The van der Waals surface area contributed by atoms with Gasteiger partial charge in [0.1, 0.15) is 5.82 Å². The summed E-state index contributed by atoms with van der Waals surface area (Å²) in [6, 6.07) is 12.8. The SMILES string of the molecule is C=C(Nc1ccnc(N2CCCCC2)c1)C(=NC)c1cc(-c2cncc(CN(C)C)c2)ccc1C. The van der Waals surface area contributed by atoms with Gasteiger partial charge in [-0.05, 0) is 75.2 Å². The summed E-state index contributed by atoms with van der Waals surface area (Å²) in [5.74, 6) is 1.01. The summed E-state index contributed by atoms with van der Waals surface area (Å²) in [5.41, 5.74) is 8.20. The Bertz CT molecular complexity index is 1210. The van der Waals surface area contributed by atoms with Crippen LogP contribution in [0.25, 0.3) is 11.1 Å². The molecule has 6 heteroatoms. The van der Waals surface area contributed by atoms with E-state index in [2.05, 4.69) is 88.0 Å². The molecule has 2 aromatic heterocycles. The average molecular weight is 469 g/mol. The Morgan fingerprint density at radius 3 is 2.60 bits per heavy atom. The second-order valence-corrected chi connectivity index (χ2v) is 9.48. The van der Waals surface area contributed by atoms with Gasteiger partial charge < -0.3 is 15.1 Å². The van der Waals surface area contributed by atoms with Gasteiger partial charge in [-0.2, -0.15) is 0 Å². The van der Waals surface area contributed by atoms with E-state index in [0.29, 0.717) is 0 Å². The quantitative estimate of drug-likeness (QED) is 0.439. The fourth-order valence-corrected chi connectivity index (χ4v) is 4.60. The lowest BCUT2D eigenvalue weighted by Gasteiger charge is -2.28. The van der Waals surface area contributed by atoms with Crippen molar-refractivity contribution in [3.63, 3.8) is 0 Å². The van der Waals surface area contributed by atoms with E-state index in [0.717, 1.165) is 64.8 Å². The number of aliphatic imine (C=N–C) groups is 1. The van der Waals surface area contributed by atoms with Crippen molar-refractivity contribution < 1.29 is 0 Å². The molecular formula is C29H36N6. The number of anilines is 2. The number of rotatable bonds is 8. The molecule has 3 aromatic rings. The standard InChI is InChI=1S/C29H36N6/c1-21-9-10-24(25-15-23(18-31-19-25)20-34(4)5)16-27(21)29(30-3)22(2)33-26-11-12-32-28(17-26)35-13-7-6-8-14-35/h9-12,15-19H,2,6-8,13-14,20H2,1,3-5H3,(H,32,33). The third kappa shape index (κ3) is 6.14. The Morgan fingerprint density at radius 1 is 1.06 bits per heavy atom. The van der Waals surface area contributed by atoms with Crippen molar-refractivity contribution in [1.82, 2.24) is 14.9 Å². The van der Waals surface area contributed by atoms with Crippen LogP contribution in [0.3, 0.4) is 0 Å². The first-order chi connectivity index (χ1) is 16.9. The first kappa shape index (κ1) is 24.6. The number of pyridine rings is 2. The number of aryl methyl sites for hydroxylation is 1. The maximum absolute atomic E-state index is 4.63. The van der Waals surface area contributed by atoms with Crippen LogP contribution < -0.4 is 10.2 Å². The van der Waals surface area contributed by atoms with Gasteiger partial charge in [0.15, 0.2) is 0 Å². The Hall–Kier alpha value is -3.51. The van der Waals surface area contributed by atoms with E-state index in [4.69, 9.17) is 0 Å². The minimum atomic E-state index is 0.767. The first-order valence-corrected chi connectivity index (χ1v) is 12.3. The van der Waals surface area contributed by atoms with E-state index < -0.39 is 0 Å². The number of nitrogens with one attached hydrogen (secondary N) is 1. The summed E-state index contributed by atoms with van der Waals surface area (Å²) >= 11 is 0. The molecule has 1 aliphatic heterocycles. The van der Waals surface area contributed by atoms with Crippen molar-refractivity contribution >= 4 is 17.2 Å². The van der Waals surface area contributed by atoms with Gasteiger partial charge in [-0.25, -0.2) is 4.98 Å². The predicted molar refractivity (Wildman–Crippen MR) is 147 cm³/mol. The molecule has 0 aliphatic carbocycles. The van der Waals surface area contributed by atoms with Crippen LogP contribution in [0, 0.1) is 6.92 Å². The molecule has 0 amide bonds. The van der Waals surface area contributed by atoms with Crippen molar-refractivity contribution in [2.24, 2.45) is 4.99 Å². The molecule has 0 unspecified atom stereocenters. The first-order valence-electron chi connectivity index (χ1n) is 12.3. The van der Waals surface area contributed by atoms with Crippen LogP contribution >= 0.6 is 0 Å². The number of benzene rings is 1. The number of hydrogen-bond donors (Lipinski definition) is 1. The zero-order chi connectivity index (χ0) is 24.8. The van der Waals surface area contributed by atoms with Crippen LogP contribution in [0.2, 0.25) is 0 Å². The highest BCUT2D eigenvalue weighted by Gasteiger charge is 2.15. The average Bonchev–Trinajstić information content (AvgIpc) is 2.86. The molecule has 4 rings (SSSR count). The molecule has 0 radical (unpaired) electrons. The number of nitrogens with zero attached hydrogens (tertiary/aromatic N) is 5. The highest BCUT2D eigenvalue weighted by atomic mass is 15.2. The van der Waals surface area contributed by atoms with Crippen LogP contribution in [0.15, 0.2) is 72.3 Å². The lowest BCUT2D eigenvalue weighted by molar-refractivity contribution is 0.402. The van der Waals surface area contributed by atoms with Crippen molar-refractivity contribution in [2.45, 2.75) is 32.7 Å². The topological polar surface area (TPSA) is 56.7 Å². The van der Waals surface area contributed by atoms with Gasteiger partial charge in [-0.15, -0.1) is 0 Å². The van der Waals surface area contributed by atoms with Gasteiger partial charge in [-0.3, -0.25) is 9.98 Å². The molecule has 1 N–H and O–H groups in total. The number of aromatic nitrogens is 2. The van der Waals surface area contributed by atoms with Crippen molar-refractivity contribution in [3.8, 4) is 11.1 Å². The summed E-state index contributed by atoms with van der Waals surface area (Å²) in [4.78, 5) is 18.2. The van der Waals surface area contributed by atoms with Gasteiger partial charge in [0.25, 0.3) is 0 Å². The monoisotopic (exact) mass is 468 g/mol. The van der Waals surface area contributed by atoms with E-state index in [-0.39, 0.29) is 0 Å². The third-order valence-corrected chi connectivity index (χ3v) is 6.35. The highest BCUT2D eigenvalue weighted by molar-refractivity contribution is 6.15. The number of hydrogen-bond acceptors (Lipinski definition) is 6. The number of piperidine rings is 1. The van der Waals surface area contributed by atoms with Gasteiger partial charge in [0.05, 0.1) is 11.4 Å². The van der Waals surface area contributed by atoms with E-state index in [1.807, 2.05) is 31.7 Å². The predicted octanol–water partition coefficient (Wildman–Crippen LogP) is 5.55. The summed E-state index contributed by atoms with van der Waals surface area (Å²) in [5, 5.41) is 3.48. The molecule has 0 spiro atoms. The van der Waals surface area contributed by atoms with E-state index in [1.165, 1.54) is 24.8 Å². The van der Waals surface area contributed by atoms with E-state index in [9.17, 15) is 0 Å². The molecule has 6 nitrogen and oxygen atoms in total. The van der Waals surface area contributed by atoms with Crippen LogP contribution in [0.1, 0.15) is 36.0 Å². The Morgan fingerprint density at radius 2 is 1.86 bits per heavy atom. The molecule has 1 fully saturated rings. The molecule has 0 saturated carbocycles. The Kier molecular flexibility index (Phi) is 7.93. The minimum Gasteiger partial charge on any atom is -0.357 e. The zero-order valence-electron chi connectivity index (χ0n) is 21.4. The number of allylic oxidation sites excluding steroid dienone is 1. The van der Waals surface area contributed by atoms with Gasteiger partial charge >= 0.3 is 0 Å². The molecular weight excluding hydrogens is 432 g/mol. The van der Waals surface area contributed by atoms with Crippen molar-refractivity contribution in [1.29, 1.82) is 0 Å². The molecule has 1 saturated heterocycles. The molecule has 3 heterocycles. The van der Waals surface area contributed by atoms with E-state index in [1.54, 1.807) is 0 Å². The summed E-state index contributed by atoms with van der Waals surface area (Å²) < 4.78 is 0. The van der Waals surface area contributed by atoms with Gasteiger partial charge in [0.2, 0.25) is 0 Å². The fourth-order valence-electron chi connectivity index (χ4n) is 4.60. The fraction of sp³-hybridized carbons (Fsp3) is 0.345. The summed E-state index contributed by atoms with van der Waals surface area (Å²) in [6.45, 7) is 9.43. The lowest BCUT2D eigenvalue weighted by Crippen LogP contribution is -2.30. The molecule has 1 aromatic carbocycles. The maximum atomic E-state index is 4.63. The van der Waals surface area contributed by atoms with Crippen molar-refractivity contribution in [2.75, 3.05) is 44.4 Å². The maximum Gasteiger partial charge on any atom is 0.130 e. The molecule has 0 bridgehead atoms. The highest BCUT2D eigenvalue weighted by Crippen LogP contribution is 2.26. The van der Waals surface area contributed by atoms with Crippen LogP contribution in [-0.4, -0.2) is 54.8 Å². The normalized spacial score (nSPS) is 14.3. The largest absolute Gasteiger partial charge is 0.357 e. The minimum absolute atomic E-state index is 0.767. The molecule has 0 atom stereocenters. The lowest BCUT2D eigenvalue weighted by atomic mass is 9.96. The second-order valence-electron chi connectivity index (χ2n) is 9.48. The third-order valence-electron chi connectivity index (χ3n) is 6.35. The zero-order valence-corrected chi connectivity index (χ0v) is 21.4. The van der Waals surface area contributed by atoms with Crippen LogP contribution in [-0.2, 0) is 6.54 Å². The van der Waals surface area contributed by atoms with Crippen LogP contribution in [0.4, 0.5) is 11.5 Å². The Labute approximate surface area is 209 Å².